The van der Waals surface area contributed by atoms with E-state index < -0.39 is 0 Å². The third kappa shape index (κ3) is 3.14. The Morgan fingerprint density at radius 1 is 1.13 bits per heavy atom. The Balaban J connectivity index is 1.90. The first-order chi connectivity index (χ1) is 11.2. The van der Waals surface area contributed by atoms with Gasteiger partial charge in [-0.3, -0.25) is 0 Å². The Kier molecular flexibility index (Phi) is 4.47. The van der Waals surface area contributed by atoms with E-state index in [1.807, 2.05) is 42.5 Å². The molecule has 0 spiro atoms. The third-order valence-corrected chi connectivity index (χ3v) is 3.88. The van der Waals surface area contributed by atoms with Gasteiger partial charge in [0.1, 0.15) is 18.2 Å². The summed E-state index contributed by atoms with van der Waals surface area (Å²) >= 11 is 0. The fourth-order valence-corrected chi connectivity index (χ4v) is 2.88. The molecule has 0 aliphatic carbocycles. The minimum absolute atomic E-state index is 0.337. The van der Waals surface area contributed by atoms with Crippen LogP contribution in [0, 0.1) is 0 Å². The van der Waals surface area contributed by atoms with Gasteiger partial charge < -0.3 is 9.30 Å². The number of benzene rings is 2. The van der Waals surface area contributed by atoms with Crippen LogP contribution in [0.1, 0.15) is 31.3 Å². The van der Waals surface area contributed by atoms with Gasteiger partial charge in [-0.05, 0) is 44.0 Å². The van der Waals surface area contributed by atoms with Gasteiger partial charge in [-0.25, -0.2) is 4.98 Å². The molecule has 0 radical (unpaired) electrons. The molecule has 118 valence electrons. The minimum atomic E-state index is 0.337. The quantitative estimate of drug-likeness (QED) is 0.604. The van der Waals surface area contributed by atoms with E-state index in [2.05, 4.69) is 37.1 Å². The van der Waals surface area contributed by atoms with Crippen LogP contribution >= 0.6 is 0 Å². The van der Waals surface area contributed by atoms with Gasteiger partial charge in [0.2, 0.25) is 0 Å². The Labute approximate surface area is 137 Å². The first-order valence-electron chi connectivity index (χ1n) is 7.98. The highest BCUT2D eigenvalue weighted by molar-refractivity contribution is 5.76. The van der Waals surface area contributed by atoms with Gasteiger partial charge in [-0.1, -0.05) is 36.4 Å². The van der Waals surface area contributed by atoms with Crippen molar-refractivity contribution in [1.82, 2.24) is 9.55 Å². The molecule has 0 atom stereocenters. The molecule has 3 rings (SSSR count). The lowest BCUT2D eigenvalue weighted by Gasteiger charge is -2.15. The second-order valence-corrected chi connectivity index (χ2v) is 5.87. The molecule has 3 aromatic rings. The van der Waals surface area contributed by atoms with E-state index in [0.29, 0.717) is 12.6 Å². The van der Waals surface area contributed by atoms with Crippen LogP contribution in [0.3, 0.4) is 0 Å². The van der Waals surface area contributed by atoms with Crippen LogP contribution in [-0.2, 0) is 13.0 Å². The number of ether oxygens (including phenoxy) is 1. The number of hydrogen-bond acceptors (Lipinski definition) is 2. The van der Waals surface area contributed by atoms with Gasteiger partial charge in [0.15, 0.2) is 0 Å². The van der Waals surface area contributed by atoms with Crippen molar-refractivity contribution < 1.29 is 4.74 Å². The Morgan fingerprint density at radius 2 is 1.87 bits per heavy atom. The van der Waals surface area contributed by atoms with E-state index in [9.17, 15) is 0 Å². The second-order valence-electron chi connectivity index (χ2n) is 5.87. The van der Waals surface area contributed by atoms with Crippen LogP contribution in [0.25, 0.3) is 11.0 Å². The standard InChI is InChI=1S/C20H22N2O/c1-4-9-16-10-5-8-13-19(16)23-14-20-21-17-11-6-7-12-18(17)22(20)15(2)3/h4-8,10-13,15H,1,9,14H2,2-3H3. The number of imidazole rings is 1. The van der Waals surface area contributed by atoms with Crippen molar-refractivity contribution in [1.29, 1.82) is 0 Å². The first kappa shape index (κ1) is 15.3. The molecule has 0 saturated carbocycles. The van der Waals surface area contributed by atoms with Crippen LogP contribution < -0.4 is 4.74 Å². The number of hydrogen-bond donors (Lipinski definition) is 0. The summed E-state index contributed by atoms with van der Waals surface area (Å²) in [4.78, 5) is 4.74. The maximum absolute atomic E-state index is 6.07. The fourth-order valence-electron chi connectivity index (χ4n) is 2.88. The topological polar surface area (TPSA) is 27.1 Å². The molecule has 0 aliphatic rings. The molecule has 0 amide bonds. The van der Waals surface area contributed by atoms with E-state index in [4.69, 9.17) is 9.72 Å². The maximum atomic E-state index is 6.07. The average Bonchev–Trinajstić information content (AvgIpc) is 2.93. The summed E-state index contributed by atoms with van der Waals surface area (Å²) in [5.74, 6) is 1.85. The number of para-hydroxylation sites is 3. The summed E-state index contributed by atoms with van der Waals surface area (Å²) < 4.78 is 8.31. The molecule has 3 heteroatoms. The van der Waals surface area contributed by atoms with Crippen molar-refractivity contribution in [3.05, 3.63) is 72.6 Å². The smallest absolute Gasteiger partial charge is 0.148 e. The SMILES string of the molecule is C=CCc1ccccc1OCc1nc2ccccc2n1C(C)C. The zero-order valence-electron chi connectivity index (χ0n) is 13.7. The molecule has 3 nitrogen and oxygen atoms in total. The van der Waals surface area contributed by atoms with Gasteiger partial charge in [-0.15, -0.1) is 6.58 Å². The van der Waals surface area contributed by atoms with Gasteiger partial charge >= 0.3 is 0 Å². The Hall–Kier alpha value is -2.55. The zero-order valence-corrected chi connectivity index (χ0v) is 13.7. The molecule has 0 saturated heterocycles. The average molecular weight is 306 g/mol. The van der Waals surface area contributed by atoms with Crippen molar-refractivity contribution in [3.8, 4) is 5.75 Å². The largest absolute Gasteiger partial charge is 0.485 e. The van der Waals surface area contributed by atoms with Crippen LogP contribution in [0.4, 0.5) is 0 Å². The predicted octanol–water partition coefficient (Wildman–Crippen LogP) is 4.92. The summed E-state index contributed by atoms with van der Waals surface area (Å²) in [6.07, 6.45) is 2.70. The molecule has 0 fully saturated rings. The van der Waals surface area contributed by atoms with Gasteiger partial charge in [-0.2, -0.15) is 0 Å². The highest BCUT2D eigenvalue weighted by atomic mass is 16.5. The van der Waals surface area contributed by atoms with Crippen molar-refractivity contribution in [2.45, 2.75) is 32.9 Å². The number of nitrogens with zero attached hydrogens (tertiary/aromatic N) is 2. The lowest BCUT2D eigenvalue weighted by molar-refractivity contribution is 0.285. The van der Waals surface area contributed by atoms with E-state index in [1.54, 1.807) is 0 Å². The molecular formula is C20H22N2O. The normalized spacial score (nSPS) is 11.1. The molecule has 1 heterocycles. The van der Waals surface area contributed by atoms with Gasteiger partial charge in [0.25, 0.3) is 0 Å². The maximum Gasteiger partial charge on any atom is 0.148 e. The molecule has 0 aliphatic heterocycles. The number of fused-ring (bicyclic) bond motifs is 1. The molecule has 0 bridgehead atoms. The van der Waals surface area contributed by atoms with Gasteiger partial charge in [0, 0.05) is 6.04 Å². The van der Waals surface area contributed by atoms with Crippen LogP contribution in [0.2, 0.25) is 0 Å². The minimum Gasteiger partial charge on any atom is -0.485 e. The lowest BCUT2D eigenvalue weighted by atomic mass is 10.1. The summed E-state index contributed by atoms with van der Waals surface area (Å²) in [6.45, 7) is 8.61. The molecule has 0 N–H and O–H groups in total. The number of allylic oxidation sites excluding steroid dienone is 1. The van der Waals surface area contributed by atoms with E-state index in [0.717, 1.165) is 34.6 Å². The highest BCUT2D eigenvalue weighted by Gasteiger charge is 2.13. The Bertz CT molecular complexity index is 817. The zero-order chi connectivity index (χ0) is 16.2. The second kappa shape index (κ2) is 6.69. The molecule has 0 unspecified atom stereocenters. The summed E-state index contributed by atoms with van der Waals surface area (Å²) in [6, 6.07) is 16.6. The molecule has 1 aromatic heterocycles. The van der Waals surface area contributed by atoms with Crippen molar-refractivity contribution in [3.63, 3.8) is 0 Å². The molecular weight excluding hydrogens is 284 g/mol. The van der Waals surface area contributed by atoms with E-state index in [-0.39, 0.29) is 0 Å². The predicted molar refractivity (Wildman–Crippen MR) is 94.8 cm³/mol. The highest BCUT2D eigenvalue weighted by Crippen LogP contribution is 2.24. The van der Waals surface area contributed by atoms with Crippen molar-refractivity contribution in [2.75, 3.05) is 0 Å². The van der Waals surface area contributed by atoms with Crippen LogP contribution in [0.5, 0.6) is 5.75 Å². The third-order valence-electron chi connectivity index (χ3n) is 3.88. The van der Waals surface area contributed by atoms with Crippen LogP contribution in [-0.4, -0.2) is 9.55 Å². The first-order valence-corrected chi connectivity index (χ1v) is 7.98. The monoisotopic (exact) mass is 306 g/mol. The molecule has 2 aromatic carbocycles. The fraction of sp³-hybridized carbons (Fsp3) is 0.250. The number of aromatic nitrogens is 2. The Morgan fingerprint density at radius 3 is 2.65 bits per heavy atom. The van der Waals surface area contributed by atoms with Crippen molar-refractivity contribution >= 4 is 11.0 Å². The molecule has 23 heavy (non-hydrogen) atoms. The summed E-state index contributed by atoms with van der Waals surface area (Å²) in [5.41, 5.74) is 3.31. The summed E-state index contributed by atoms with van der Waals surface area (Å²) in [7, 11) is 0. The summed E-state index contributed by atoms with van der Waals surface area (Å²) in [5, 5.41) is 0. The van der Waals surface area contributed by atoms with Gasteiger partial charge in [0.05, 0.1) is 11.0 Å². The number of rotatable bonds is 6. The van der Waals surface area contributed by atoms with Crippen LogP contribution in [0.15, 0.2) is 61.2 Å². The van der Waals surface area contributed by atoms with E-state index >= 15 is 0 Å². The van der Waals surface area contributed by atoms with E-state index in [1.165, 1.54) is 0 Å². The van der Waals surface area contributed by atoms with Crippen molar-refractivity contribution in [2.24, 2.45) is 0 Å². The lowest BCUT2D eigenvalue weighted by Crippen LogP contribution is -2.09.